The summed E-state index contributed by atoms with van der Waals surface area (Å²) >= 11 is 0. The Morgan fingerprint density at radius 3 is 0.691 bits per heavy atom. The normalized spacial score (nSPS) is 12.2. The minimum Gasteiger partial charge on any atom is -0.462 e. The Kier molecular flexibility index (Phi) is 68.1. The summed E-state index contributed by atoms with van der Waals surface area (Å²) < 4.78 is 17.0. The molecule has 0 aliphatic carbocycles. The molecule has 0 aromatic heterocycles. The number of carbonyl (C=O) groups is 3. The highest BCUT2D eigenvalue weighted by Crippen LogP contribution is 2.19. The van der Waals surface area contributed by atoms with Crippen molar-refractivity contribution < 1.29 is 28.6 Å². The number of esters is 3. The van der Waals surface area contributed by atoms with Crippen molar-refractivity contribution in [3.8, 4) is 0 Å². The van der Waals surface area contributed by atoms with E-state index in [1.807, 2.05) is 0 Å². The van der Waals surface area contributed by atoms with Gasteiger partial charge in [-0.2, -0.15) is 0 Å². The lowest BCUT2D eigenvalue weighted by Gasteiger charge is -2.18. The maximum Gasteiger partial charge on any atom is 0.306 e. The first kappa shape index (κ1) is 78.6. The average Bonchev–Trinajstić information content (AvgIpc) is 3.47. The number of carbonyl (C=O) groups excluding carboxylic acids is 3. The lowest BCUT2D eigenvalue weighted by atomic mass is 10.0. The Hall–Kier alpha value is -2.37. The molecule has 1 atom stereocenters. The van der Waals surface area contributed by atoms with Crippen molar-refractivity contribution in [2.24, 2.45) is 0 Å². The number of hydrogen-bond acceptors (Lipinski definition) is 6. The number of hydrogen-bond donors (Lipinski definition) is 0. The van der Waals surface area contributed by atoms with Crippen molar-refractivity contribution in [3.63, 3.8) is 0 Å². The summed E-state index contributed by atoms with van der Waals surface area (Å²) in [6.45, 7) is 6.69. The predicted molar refractivity (Wildman–Crippen MR) is 353 cm³/mol. The molecule has 0 saturated heterocycles. The monoisotopic (exact) mass is 1140 g/mol. The molecular formula is C75H140O6. The second kappa shape index (κ2) is 70.1. The molecule has 0 spiro atoms. The van der Waals surface area contributed by atoms with Crippen molar-refractivity contribution in [1.29, 1.82) is 0 Å². The van der Waals surface area contributed by atoms with Crippen molar-refractivity contribution in [2.75, 3.05) is 13.2 Å². The van der Waals surface area contributed by atoms with Gasteiger partial charge in [0, 0.05) is 19.3 Å². The molecule has 81 heavy (non-hydrogen) atoms. The van der Waals surface area contributed by atoms with Crippen LogP contribution in [0.1, 0.15) is 406 Å². The standard InChI is InChI=1S/C75H140O6/c1-4-7-10-13-16-19-22-24-26-28-30-32-33-34-35-36-37-38-39-40-41-43-44-46-48-50-53-56-59-62-65-68-74(77)80-71-72(70-79-73(76)67-64-61-58-55-52-21-18-15-12-9-6-3)81-75(78)69-66-63-60-57-54-51-49-47-45-42-31-29-27-25-23-20-17-14-11-8-5-2/h22,24,28-31,72H,4-21,23,25-27,32-71H2,1-3H3/b24-22-,30-28-,31-29-. The molecule has 0 bridgehead atoms. The zero-order valence-corrected chi connectivity index (χ0v) is 54.8. The van der Waals surface area contributed by atoms with E-state index in [0.717, 1.165) is 64.2 Å². The van der Waals surface area contributed by atoms with E-state index in [0.29, 0.717) is 19.3 Å². The molecular weight excluding hydrogens is 997 g/mol. The molecule has 1 unspecified atom stereocenters. The first-order chi connectivity index (χ1) is 40.0. The molecule has 0 aromatic rings. The fraction of sp³-hybridized carbons (Fsp3) is 0.880. The van der Waals surface area contributed by atoms with E-state index < -0.39 is 6.10 Å². The topological polar surface area (TPSA) is 78.9 Å². The van der Waals surface area contributed by atoms with Gasteiger partial charge in [-0.05, 0) is 77.0 Å². The van der Waals surface area contributed by atoms with E-state index >= 15 is 0 Å². The van der Waals surface area contributed by atoms with Gasteiger partial charge in [-0.3, -0.25) is 14.4 Å². The van der Waals surface area contributed by atoms with Crippen LogP contribution in [0.15, 0.2) is 36.5 Å². The number of ether oxygens (including phenoxy) is 3. The van der Waals surface area contributed by atoms with E-state index in [-0.39, 0.29) is 31.1 Å². The molecule has 0 fully saturated rings. The Balaban J connectivity index is 4.12. The third-order valence-corrected chi connectivity index (χ3v) is 16.6. The molecule has 0 aliphatic rings. The molecule has 476 valence electrons. The highest BCUT2D eigenvalue weighted by Gasteiger charge is 2.19. The minimum absolute atomic E-state index is 0.0668. The van der Waals surface area contributed by atoms with Crippen LogP contribution < -0.4 is 0 Å². The molecule has 0 saturated carbocycles. The van der Waals surface area contributed by atoms with Gasteiger partial charge < -0.3 is 14.2 Å². The summed E-state index contributed by atoms with van der Waals surface area (Å²) in [5, 5.41) is 0. The molecule has 0 radical (unpaired) electrons. The lowest BCUT2D eigenvalue weighted by Crippen LogP contribution is -2.30. The van der Waals surface area contributed by atoms with Crippen LogP contribution in [0.4, 0.5) is 0 Å². The van der Waals surface area contributed by atoms with Crippen LogP contribution in [-0.2, 0) is 28.6 Å². The Bertz CT molecular complexity index is 1350. The first-order valence-corrected chi connectivity index (χ1v) is 36.5. The molecule has 6 nitrogen and oxygen atoms in total. The van der Waals surface area contributed by atoms with Gasteiger partial charge in [-0.25, -0.2) is 0 Å². The largest absolute Gasteiger partial charge is 0.462 e. The van der Waals surface area contributed by atoms with E-state index in [1.165, 1.54) is 302 Å². The zero-order valence-electron chi connectivity index (χ0n) is 54.8. The summed E-state index contributed by atoms with van der Waals surface area (Å²) in [7, 11) is 0. The van der Waals surface area contributed by atoms with Crippen LogP contribution in [-0.4, -0.2) is 37.2 Å². The maximum atomic E-state index is 12.9. The fourth-order valence-corrected chi connectivity index (χ4v) is 11.1. The number of allylic oxidation sites excluding steroid dienone is 6. The van der Waals surface area contributed by atoms with Crippen molar-refractivity contribution >= 4 is 17.9 Å². The van der Waals surface area contributed by atoms with Crippen LogP contribution >= 0.6 is 0 Å². The molecule has 0 aromatic carbocycles. The van der Waals surface area contributed by atoms with Gasteiger partial charge in [0.15, 0.2) is 6.10 Å². The highest BCUT2D eigenvalue weighted by molar-refractivity contribution is 5.71. The van der Waals surface area contributed by atoms with Gasteiger partial charge in [0.1, 0.15) is 13.2 Å². The van der Waals surface area contributed by atoms with Gasteiger partial charge in [-0.15, -0.1) is 0 Å². The summed E-state index contributed by atoms with van der Waals surface area (Å²) in [5.74, 6) is -0.840. The summed E-state index contributed by atoms with van der Waals surface area (Å²) in [4.78, 5) is 38.4. The number of unbranched alkanes of at least 4 members (excludes halogenated alkanes) is 51. The zero-order chi connectivity index (χ0) is 58.5. The molecule has 6 heteroatoms. The summed E-state index contributed by atoms with van der Waals surface area (Å²) in [6.07, 6.45) is 87.6. The van der Waals surface area contributed by atoms with Crippen LogP contribution in [0.2, 0.25) is 0 Å². The van der Waals surface area contributed by atoms with E-state index in [1.54, 1.807) is 0 Å². The van der Waals surface area contributed by atoms with E-state index in [4.69, 9.17) is 14.2 Å². The van der Waals surface area contributed by atoms with Gasteiger partial charge in [0.25, 0.3) is 0 Å². The van der Waals surface area contributed by atoms with Crippen LogP contribution in [0.3, 0.4) is 0 Å². The highest BCUT2D eigenvalue weighted by atomic mass is 16.6. The van der Waals surface area contributed by atoms with E-state index in [2.05, 4.69) is 57.2 Å². The van der Waals surface area contributed by atoms with Gasteiger partial charge in [0.2, 0.25) is 0 Å². The predicted octanol–water partition coefficient (Wildman–Crippen LogP) is 25.1. The molecule has 0 amide bonds. The van der Waals surface area contributed by atoms with E-state index in [9.17, 15) is 14.4 Å². The lowest BCUT2D eigenvalue weighted by molar-refractivity contribution is -0.167. The molecule has 0 rings (SSSR count). The smallest absolute Gasteiger partial charge is 0.306 e. The third kappa shape index (κ3) is 68.3. The third-order valence-electron chi connectivity index (χ3n) is 16.6. The minimum atomic E-state index is -0.770. The fourth-order valence-electron chi connectivity index (χ4n) is 11.1. The summed E-state index contributed by atoms with van der Waals surface area (Å²) in [5.41, 5.74) is 0. The summed E-state index contributed by atoms with van der Waals surface area (Å²) in [6, 6.07) is 0. The van der Waals surface area contributed by atoms with Crippen LogP contribution in [0.25, 0.3) is 0 Å². The maximum absolute atomic E-state index is 12.9. The second-order valence-corrected chi connectivity index (χ2v) is 24.9. The molecule has 0 heterocycles. The first-order valence-electron chi connectivity index (χ1n) is 36.5. The SMILES string of the molecule is CCCCCCC/C=C\C/C=C\CCCCCCCCCCCCCCCCCCCCCC(=O)OCC(COC(=O)CCCCCCCCCCCCC)OC(=O)CCCCCCCCCCC/C=C\CCCCCCCCCC. The van der Waals surface area contributed by atoms with Gasteiger partial charge in [0.05, 0.1) is 0 Å². The molecule has 0 N–H and O–H groups in total. The average molecular weight is 1140 g/mol. The van der Waals surface area contributed by atoms with Gasteiger partial charge in [-0.1, -0.05) is 346 Å². The quantitative estimate of drug-likeness (QED) is 0.0261. The van der Waals surface area contributed by atoms with Crippen LogP contribution in [0.5, 0.6) is 0 Å². The van der Waals surface area contributed by atoms with Gasteiger partial charge >= 0.3 is 17.9 Å². The van der Waals surface area contributed by atoms with Crippen LogP contribution in [0, 0.1) is 0 Å². The second-order valence-electron chi connectivity index (χ2n) is 24.9. The van der Waals surface area contributed by atoms with Crippen molar-refractivity contribution in [2.45, 2.75) is 412 Å². The Labute approximate surface area is 506 Å². The Morgan fingerprint density at radius 2 is 0.444 bits per heavy atom. The molecule has 0 aliphatic heterocycles. The van der Waals surface area contributed by atoms with Crippen molar-refractivity contribution in [3.05, 3.63) is 36.5 Å². The van der Waals surface area contributed by atoms with Crippen molar-refractivity contribution in [1.82, 2.24) is 0 Å². The number of rotatable bonds is 68. The Morgan fingerprint density at radius 1 is 0.247 bits per heavy atom.